The molecule has 0 fully saturated rings. The Morgan fingerprint density at radius 3 is 3.14 bits per heavy atom. The number of carbonyl (C=O) groups excluding carboxylic acids is 1. The largest absolute Gasteiger partial charge is 0.368 e. The van der Waals surface area contributed by atoms with Crippen LogP contribution >= 0.6 is 0 Å². The third-order valence-electron chi connectivity index (χ3n) is 2.41. The van der Waals surface area contributed by atoms with Gasteiger partial charge in [0.15, 0.2) is 0 Å². The van der Waals surface area contributed by atoms with E-state index < -0.39 is 0 Å². The number of rotatable bonds is 0. The van der Waals surface area contributed by atoms with Crippen LogP contribution in [0.15, 0.2) is 6.20 Å². The van der Waals surface area contributed by atoms with Crippen molar-refractivity contribution in [3.8, 4) is 0 Å². The molecule has 5 nitrogen and oxygen atoms in total. The molecule has 1 aliphatic heterocycles. The number of nitrogens with two attached hydrogens (primary N) is 1. The maximum Gasteiger partial charge on any atom is 0.220 e. The van der Waals surface area contributed by atoms with Gasteiger partial charge in [-0.1, -0.05) is 0 Å². The van der Waals surface area contributed by atoms with Crippen molar-refractivity contribution < 1.29 is 4.79 Å². The van der Waals surface area contributed by atoms with Crippen LogP contribution in [-0.2, 0) is 17.8 Å². The van der Waals surface area contributed by atoms with Crippen LogP contribution in [0.25, 0.3) is 0 Å². The molecule has 1 amide bonds. The molecule has 1 aromatic heterocycles. The predicted molar refractivity (Wildman–Crippen MR) is 51.2 cm³/mol. The van der Waals surface area contributed by atoms with Crippen molar-refractivity contribution in [2.45, 2.75) is 19.9 Å². The monoisotopic (exact) mass is 192 g/mol. The van der Waals surface area contributed by atoms with Gasteiger partial charge in [0.25, 0.3) is 0 Å². The van der Waals surface area contributed by atoms with Crippen LogP contribution < -0.4 is 5.73 Å². The van der Waals surface area contributed by atoms with Gasteiger partial charge >= 0.3 is 0 Å². The summed E-state index contributed by atoms with van der Waals surface area (Å²) in [7, 11) is 0. The van der Waals surface area contributed by atoms with E-state index in [4.69, 9.17) is 5.73 Å². The van der Waals surface area contributed by atoms with Gasteiger partial charge in [0, 0.05) is 19.7 Å². The van der Waals surface area contributed by atoms with E-state index in [0.29, 0.717) is 6.54 Å². The number of amides is 1. The Bertz CT molecular complexity index is 377. The predicted octanol–water partition coefficient (Wildman–Crippen LogP) is -0.0366. The molecule has 0 aliphatic carbocycles. The quantitative estimate of drug-likeness (QED) is 0.626. The van der Waals surface area contributed by atoms with Gasteiger partial charge in [-0.25, -0.2) is 9.97 Å². The zero-order valence-electron chi connectivity index (χ0n) is 8.03. The minimum Gasteiger partial charge on any atom is -0.368 e. The van der Waals surface area contributed by atoms with Crippen molar-refractivity contribution in [1.29, 1.82) is 0 Å². The zero-order valence-corrected chi connectivity index (χ0v) is 8.03. The summed E-state index contributed by atoms with van der Waals surface area (Å²) in [5.74, 6) is 0.349. The molecule has 1 aromatic rings. The highest BCUT2D eigenvalue weighted by Gasteiger charge is 2.19. The fourth-order valence-corrected chi connectivity index (χ4v) is 1.59. The average molecular weight is 192 g/mol. The van der Waals surface area contributed by atoms with E-state index in [1.54, 1.807) is 18.0 Å². The molecular formula is C9H12N4O. The fourth-order valence-electron chi connectivity index (χ4n) is 1.59. The van der Waals surface area contributed by atoms with E-state index in [-0.39, 0.29) is 11.9 Å². The first-order valence-electron chi connectivity index (χ1n) is 4.52. The number of hydrogen-bond acceptors (Lipinski definition) is 4. The highest BCUT2D eigenvalue weighted by molar-refractivity contribution is 5.73. The number of anilines is 1. The topological polar surface area (TPSA) is 72.1 Å². The first kappa shape index (κ1) is 8.93. The number of hydrogen-bond donors (Lipinski definition) is 1. The van der Waals surface area contributed by atoms with E-state index in [0.717, 1.165) is 24.2 Å². The van der Waals surface area contributed by atoms with E-state index in [2.05, 4.69) is 9.97 Å². The van der Waals surface area contributed by atoms with Crippen molar-refractivity contribution in [3.05, 3.63) is 17.5 Å². The third kappa shape index (κ3) is 1.53. The van der Waals surface area contributed by atoms with Crippen LogP contribution in [0.3, 0.4) is 0 Å². The van der Waals surface area contributed by atoms with Gasteiger partial charge in [-0.15, -0.1) is 0 Å². The lowest BCUT2D eigenvalue weighted by atomic mass is 10.1. The maximum absolute atomic E-state index is 11.1. The number of nitrogen functional groups attached to an aromatic ring is 1. The summed E-state index contributed by atoms with van der Waals surface area (Å²) in [6.45, 7) is 2.86. The number of carbonyl (C=O) groups is 1. The van der Waals surface area contributed by atoms with Crippen molar-refractivity contribution in [2.24, 2.45) is 0 Å². The molecule has 0 bridgehead atoms. The minimum absolute atomic E-state index is 0.0767. The first-order chi connectivity index (χ1) is 6.66. The van der Waals surface area contributed by atoms with Gasteiger partial charge < -0.3 is 10.6 Å². The Balaban J connectivity index is 2.29. The molecule has 0 saturated carbocycles. The molecule has 0 atom stereocenters. The highest BCUT2D eigenvalue weighted by Crippen LogP contribution is 2.16. The zero-order chi connectivity index (χ0) is 10.1. The standard InChI is InChI=1S/C9H12N4O/c1-6(14)13-3-2-7-4-11-9(10)12-8(7)5-13/h4H,2-3,5H2,1H3,(H2,10,11,12). The lowest BCUT2D eigenvalue weighted by Gasteiger charge is -2.26. The van der Waals surface area contributed by atoms with Crippen LogP contribution in [0.4, 0.5) is 5.95 Å². The summed E-state index contributed by atoms with van der Waals surface area (Å²) < 4.78 is 0. The minimum atomic E-state index is 0.0767. The lowest BCUT2D eigenvalue weighted by molar-refractivity contribution is -0.129. The molecular weight excluding hydrogens is 180 g/mol. The molecule has 0 radical (unpaired) electrons. The van der Waals surface area contributed by atoms with Crippen molar-refractivity contribution >= 4 is 11.9 Å². The summed E-state index contributed by atoms with van der Waals surface area (Å²) in [6.07, 6.45) is 2.56. The van der Waals surface area contributed by atoms with E-state index in [1.807, 2.05) is 0 Å². The third-order valence-corrected chi connectivity index (χ3v) is 2.41. The Morgan fingerprint density at radius 2 is 2.43 bits per heavy atom. The van der Waals surface area contributed by atoms with Crippen LogP contribution in [0, 0.1) is 0 Å². The molecule has 74 valence electrons. The van der Waals surface area contributed by atoms with Crippen LogP contribution in [0.5, 0.6) is 0 Å². The first-order valence-corrected chi connectivity index (χ1v) is 4.52. The molecule has 0 unspecified atom stereocenters. The Labute approximate surface area is 82.0 Å². The van der Waals surface area contributed by atoms with Crippen LogP contribution in [-0.4, -0.2) is 27.3 Å². The number of fused-ring (bicyclic) bond motifs is 1. The average Bonchev–Trinajstić information content (AvgIpc) is 2.16. The second-order valence-corrected chi connectivity index (χ2v) is 3.39. The molecule has 1 aliphatic rings. The number of aromatic nitrogens is 2. The molecule has 2 heterocycles. The summed E-state index contributed by atoms with van der Waals surface area (Å²) >= 11 is 0. The van der Waals surface area contributed by atoms with Crippen molar-refractivity contribution in [1.82, 2.24) is 14.9 Å². The van der Waals surface area contributed by atoms with Gasteiger partial charge in [-0.3, -0.25) is 4.79 Å². The SMILES string of the molecule is CC(=O)N1CCc2cnc(N)nc2C1. The molecule has 0 spiro atoms. The Hall–Kier alpha value is -1.65. The summed E-state index contributed by atoms with van der Waals surface area (Å²) in [6, 6.07) is 0. The van der Waals surface area contributed by atoms with Crippen LogP contribution in [0.2, 0.25) is 0 Å². The highest BCUT2D eigenvalue weighted by atomic mass is 16.2. The van der Waals surface area contributed by atoms with E-state index >= 15 is 0 Å². The van der Waals surface area contributed by atoms with Gasteiger partial charge in [0.1, 0.15) is 0 Å². The molecule has 2 N–H and O–H groups in total. The van der Waals surface area contributed by atoms with Gasteiger partial charge in [0.05, 0.1) is 12.2 Å². The summed E-state index contributed by atoms with van der Waals surface area (Å²) in [4.78, 5) is 20.9. The Morgan fingerprint density at radius 1 is 1.64 bits per heavy atom. The molecule has 5 heteroatoms. The second-order valence-electron chi connectivity index (χ2n) is 3.39. The fraction of sp³-hybridized carbons (Fsp3) is 0.444. The van der Waals surface area contributed by atoms with Crippen molar-refractivity contribution in [3.63, 3.8) is 0 Å². The normalized spacial score (nSPS) is 15.1. The van der Waals surface area contributed by atoms with E-state index in [9.17, 15) is 4.79 Å². The van der Waals surface area contributed by atoms with E-state index in [1.165, 1.54) is 0 Å². The maximum atomic E-state index is 11.1. The van der Waals surface area contributed by atoms with Crippen LogP contribution in [0.1, 0.15) is 18.2 Å². The molecule has 14 heavy (non-hydrogen) atoms. The smallest absolute Gasteiger partial charge is 0.220 e. The van der Waals surface area contributed by atoms with Gasteiger partial charge in [-0.05, 0) is 12.0 Å². The summed E-state index contributed by atoms with van der Waals surface area (Å²) in [5.41, 5.74) is 7.45. The molecule has 2 rings (SSSR count). The molecule has 0 saturated heterocycles. The van der Waals surface area contributed by atoms with Crippen molar-refractivity contribution in [2.75, 3.05) is 12.3 Å². The second kappa shape index (κ2) is 3.25. The molecule has 0 aromatic carbocycles. The lowest BCUT2D eigenvalue weighted by Crippen LogP contribution is -2.35. The van der Waals surface area contributed by atoms with Gasteiger partial charge in [-0.2, -0.15) is 0 Å². The van der Waals surface area contributed by atoms with Gasteiger partial charge in [0.2, 0.25) is 11.9 Å². The number of nitrogens with zero attached hydrogens (tertiary/aromatic N) is 3. The summed E-state index contributed by atoms with van der Waals surface area (Å²) in [5, 5.41) is 0. The Kier molecular flexibility index (Phi) is 2.07.